The zero-order valence-electron chi connectivity index (χ0n) is 24.7. The molecule has 2 N–H and O–H groups in total. The smallest absolute Gasteiger partial charge is 0.251 e. The quantitative estimate of drug-likeness (QED) is 0.174. The molecule has 0 radical (unpaired) electrons. The molecule has 0 aliphatic carbocycles. The highest BCUT2D eigenvalue weighted by Gasteiger charge is 2.33. The van der Waals surface area contributed by atoms with Gasteiger partial charge in [0.2, 0.25) is 12.7 Å². The number of fused-ring (bicyclic) bond motifs is 1. The van der Waals surface area contributed by atoms with Gasteiger partial charge in [0.05, 0.1) is 20.0 Å². The lowest BCUT2D eigenvalue weighted by molar-refractivity contribution is -0.137. The van der Waals surface area contributed by atoms with Gasteiger partial charge in [-0.3, -0.25) is 9.59 Å². The average molecular weight is 617 g/mol. The summed E-state index contributed by atoms with van der Waals surface area (Å²) in [5.74, 6) is 0.973. The van der Waals surface area contributed by atoms with E-state index in [9.17, 15) is 14.7 Å². The van der Waals surface area contributed by atoms with Crippen molar-refractivity contribution in [2.75, 3.05) is 32.1 Å². The van der Waals surface area contributed by atoms with Crippen molar-refractivity contribution in [1.82, 2.24) is 14.9 Å². The second kappa shape index (κ2) is 13.6. The molecule has 2 heterocycles. The van der Waals surface area contributed by atoms with Crippen LogP contribution in [0, 0.1) is 13.8 Å². The molecule has 0 bridgehead atoms. The molecule has 1 aliphatic heterocycles. The van der Waals surface area contributed by atoms with Gasteiger partial charge in [0.15, 0.2) is 28.2 Å². The van der Waals surface area contributed by atoms with Gasteiger partial charge >= 0.3 is 0 Å². The molecule has 4 aromatic rings. The molecule has 2 amide bonds. The van der Waals surface area contributed by atoms with E-state index in [1.165, 1.54) is 29.8 Å². The minimum absolute atomic E-state index is 0.0257. The van der Waals surface area contributed by atoms with Gasteiger partial charge in [-0.25, -0.2) is 9.97 Å². The van der Waals surface area contributed by atoms with Crippen LogP contribution >= 0.6 is 11.8 Å². The van der Waals surface area contributed by atoms with E-state index in [1.54, 1.807) is 49.6 Å². The highest BCUT2D eigenvalue weighted by atomic mass is 32.2. The molecule has 0 fully saturated rings. The average Bonchev–Trinajstić information content (AvgIpc) is 3.48. The fraction of sp³-hybridized carbons (Fsp3) is 0.250. The number of ether oxygens (including phenoxy) is 4. The summed E-state index contributed by atoms with van der Waals surface area (Å²) in [4.78, 5) is 38.6. The molecule has 0 spiro atoms. The van der Waals surface area contributed by atoms with E-state index in [4.69, 9.17) is 18.9 Å². The number of hydrogen-bond acceptors (Lipinski definition) is 10. The first-order chi connectivity index (χ1) is 21.2. The molecule has 0 saturated carbocycles. The van der Waals surface area contributed by atoms with Crippen molar-refractivity contribution in [2.45, 2.75) is 31.6 Å². The Morgan fingerprint density at radius 2 is 1.68 bits per heavy atom. The molecule has 1 aliphatic rings. The fourth-order valence-corrected chi connectivity index (χ4v) is 5.58. The summed E-state index contributed by atoms with van der Waals surface area (Å²) in [6, 6.07) is 17.6. The predicted molar refractivity (Wildman–Crippen MR) is 164 cm³/mol. The fourth-order valence-electron chi connectivity index (χ4n) is 4.74. The Balaban J connectivity index is 1.52. The Morgan fingerprint density at radius 1 is 0.955 bits per heavy atom. The van der Waals surface area contributed by atoms with Gasteiger partial charge in [-0.15, -0.1) is 0 Å². The maximum absolute atomic E-state index is 14.2. The Hall–Kier alpha value is -4.97. The highest BCUT2D eigenvalue weighted by molar-refractivity contribution is 7.99. The largest absolute Gasteiger partial charge is 0.504 e. The number of nitrogens with zero attached hydrogens (tertiary/aromatic N) is 3. The number of benzene rings is 3. The van der Waals surface area contributed by atoms with Crippen molar-refractivity contribution in [2.24, 2.45) is 0 Å². The van der Waals surface area contributed by atoms with Gasteiger partial charge < -0.3 is 34.3 Å². The first kappa shape index (κ1) is 30.5. The van der Waals surface area contributed by atoms with E-state index in [1.807, 2.05) is 32.0 Å². The number of amides is 2. The van der Waals surface area contributed by atoms with Crippen LogP contribution in [0.4, 0.5) is 5.69 Å². The third-order valence-corrected chi connectivity index (χ3v) is 7.67. The number of anilines is 1. The topological polar surface area (TPSA) is 132 Å². The lowest BCUT2D eigenvalue weighted by Crippen LogP contribution is -2.41. The SMILES string of the molecule is COc1ccc(CN(C(=O)CSc2nc(C)cc(C)n2)[C@@H](C(=O)Nc2ccc3c(c2)OCO3)c2ccc(O)c(OC)c2)cc1. The van der Waals surface area contributed by atoms with Crippen molar-refractivity contribution < 1.29 is 33.6 Å². The Labute approximate surface area is 259 Å². The number of aryl methyl sites for hydroxylation is 2. The first-order valence-corrected chi connectivity index (χ1v) is 14.7. The summed E-state index contributed by atoms with van der Waals surface area (Å²) < 4.78 is 21.5. The van der Waals surface area contributed by atoms with Crippen molar-refractivity contribution >= 4 is 29.3 Å². The molecule has 0 saturated heterocycles. The Kier molecular flexibility index (Phi) is 9.39. The van der Waals surface area contributed by atoms with E-state index in [0.29, 0.717) is 33.7 Å². The summed E-state index contributed by atoms with van der Waals surface area (Å²) in [5.41, 5.74) is 3.26. The summed E-state index contributed by atoms with van der Waals surface area (Å²) in [6.45, 7) is 3.92. The van der Waals surface area contributed by atoms with E-state index >= 15 is 0 Å². The third-order valence-electron chi connectivity index (χ3n) is 6.84. The van der Waals surface area contributed by atoms with Crippen LogP contribution in [0.5, 0.6) is 28.7 Å². The van der Waals surface area contributed by atoms with E-state index in [2.05, 4.69) is 15.3 Å². The van der Waals surface area contributed by atoms with Crippen LogP contribution in [0.25, 0.3) is 0 Å². The first-order valence-electron chi connectivity index (χ1n) is 13.7. The Bertz CT molecular complexity index is 1650. The number of carbonyl (C=O) groups excluding carboxylic acids is 2. The Morgan fingerprint density at radius 3 is 2.39 bits per heavy atom. The lowest BCUT2D eigenvalue weighted by Gasteiger charge is -2.32. The second-order valence-electron chi connectivity index (χ2n) is 9.98. The summed E-state index contributed by atoms with van der Waals surface area (Å²) in [6.07, 6.45) is 0. The standard InChI is InChI=1S/C32H32N4O7S/c1-19-13-20(2)34-32(33-19)44-17-29(38)36(16-21-5-9-24(40-3)10-6-21)30(22-7-11-25(37)27(14-22)41-4)31(39)35-23-8-12-26-28(15-23)43-18-42-26/h5-15,30,37H,16-18H2,1-4H3,(H,35,39)/t30-/m1/s1. The van der Waals surface area contributed by atoms with Gasteiger partial charge in [-0.1, -0.05) is 30.0 Å². The minimum atomic E-state index is -1.12. The maximum atomic E-state index is 14.2. The number of thioether (sulfide) groups is 1. The maximum Gasteiger partial charge on any atom is 0.251 e. The van der Waals surface area contributed by atoms with E-state index in [0.717, 1.165) is 17.0 Å². The number of rotatable bonds is 11. The van der Waals surface area contributed by atoms with Gasteiger partial charge in [-0.05, 0) is 67.4 Å². The summed E-state index contributed by atoms with van der Waals surface area (Å²) in [7, 11) is 2.99. The number of phenols is 1. The van der Waals surface area contributed by atoms with E-state index < -0.39 is 11.9 Å². The number of aromatic hydroxyl groups is 1. The van der Waals surface area contributed by atoms with E-state index in [-0.39, 0.29) is 36.5 Å². The molecule has 228 valence electrons. The lowest BCUT2D eigenvalue weighted by atomic mass is 10.0. The number of aromatic nitrogens is 2. The van der Waals surface area contributed by atoms with Crippen LogP contribution in [0.15, 0.2) is 71.9 Å². The van der Waals surface area contributed by atoms with Crippen LogP contribution < -0.4 is 24.3 Å². The zero-order chi connectivity index (χ0) is 31.2. The highest BCUT2D eigenvalue weighted by Crippen LogP contribution is 2.36. The van der Waals surface area contributed by atoms with Crippen molar-refractivity contribution in [3.05, 3.63) is 89.2 Å². The molecule has 3 aromatic carbocycles. The molecule has 1 atom stereocenters. The molecule has 0 unspecified atom stereocenters. The number of hydrogen-bond donors (Lipinski definition) is 2. The van der Waals surface area contributed by atoms with Crippen LogP contribution in [-0.2, 0) is 16.1 Å². The van der Waals surface area contributed by atoms with Gasteiger partial charge in [0.25, 0.3) is 5.91 Å². The molecule has 11 nitrogen and oxygen atoms in total. The number of carbonyl (C=O) groups is 2. The van der Waals surface area contributed by atoms with Gasteiger partial charge in [0.1, 0.15) is 11.8 Å². The van der Waals surface area contributed by atoms with Gasteiger partial charge in [0, 0.05) is 29.7 Å². The molecule has 44 heavy (non-hydrogen) atoms. The monoisotopic (exact) mass is 616 g/mol. The van der Waals surface area contributed by atoms with Crippen LogP contribution in [0.2, 0.25) is 0 Å². The molecule has 1 aromatic heterocycles. The normalized spacial score (nSPS) is 12.4. The molecular formula is C32H32N4O7S. The van der Waals surface area contributed by atoms with Crippen LogP contribution in [0.1, 0.15) is 28.6 Å². The predicted octanol–water partition coefficient (Wildman–Crippen LogP) is 5.05. The summed E-state index contributed by atoms with van der Waals surface area (Å²) in [5, 5.41) is 13.7. The molecular weight excluding hydrogens is 584 g/mol. The van der Waals surface area contributed by atoms with Crippen molar-refractivity contribution in [3.8, 4) is 28.7 Å². The van der Waals surface area contributed by atoms with Gasteiger partial charge in [-0.2, -0.15) is 0 Å². The van der Waals surface area contributed by atoms with Crippen molar-refractivity contribution in [3.63, 3.8) is 0 Å². The number of phenolic OH excluding ortho intramolecular Hbond substituents is 1. The minimum Gasteiger partial charge on any atom is -0.504 e. The van der Waals surface area contributed by atoms with Crippen molar-refractivity contribution in [1.29, 1.82) is 0 Å². The second-order valence-corrected chi connectivity index (χ2v) is 10.9. The molecule has 5 rings (SSSR count). The van der Waals surface area contributed by atoms with Crippen LogP contribution in [0.3, 0.4) is 0 Å². The summed E-state index contributed by atoms with van der Waals surface area (Å²) >= 11 is 1.19. The third kappa shape index (κ3) is 7.14. The van der Waals surface area contributed by atoms with Crippen LogP contribution in [-0.4, -0.2) is 58.6 Å². The molecule has 12 heteroatoms. The number of nitrogens with one attached hydrogen (secondary N) is 1. The zero-order valence-corrected chi connectivity index (χ0v) is 25.5. The number of methoxy groups -OCH3 is 2.